The van der Waals surface area contributed by atoms with E-state index in [1.807, 2.05) is 6.07 Å². The average molecular weight is 240 g/mol. The number of aliphatic hydroxyl groups is 4. The molecule has 1 aromatic rings. The minimum atomic E-state index is -1.85. The summed E-state index contributed by atoms with van der Waals surface area (Å²) in [6, 6.07) is 9.02. The fourth-order valence-electron chi connectivity index (χ4n) is 2.05. The van der Waals surface area contributed by atoms with Crippen LogP contribution in [-0.4, -0.2) is 51.1 Å². The molecule has 0 spiro atoms. The zero-order valence-electron chi connectivity index (χ0n) is 9.23. The number of ether oxygens (including phenoxy) is 1. The van der Waals surface area contributed by atoms with Gasteiger partial charge in [0, 0.05) is 6.42 Å². The van der Waals surface area contributed by atoms with Crippen LogP contribution >= 0.6 is 0 Å². The Balaban J connectivity index is 2.15. The summed E-state index contributed by atoms with van der Waals surface area (Å²) in [5.41, 5.74) is 0.778. The Labute approximate surface area is 98.9 Å². The Bertz CT molecular complexity index is 368. The van der Waals surface area contributed by atoms with Crippen LogP contribution in [0.5, 0.6) is 0 Å². The molecule has 0 amide bonds. The highest BCUT2D eigenvalue weighted by atomic mass is 16.7. The second kappa shape index (κ2) is 4.72. The molecule has 1 fully saturated rings. The van der Waals surface area contributed by atoms with Gasteiger partial charge in [-0.2, -0.15) is 0 Å². The van der Waals surface area contributed by atoms with Crippen LogP contribution in [0.15, 0.2) is 30.3 Å². The van der Waals surface area contributed by atoms with Crippen LogP contribution in [0.25, 0.3) is 0 Å². The smallest absolute Gasteiger partial charge is 0.199 e. The third-order valence-corrected chi connectivity index (χ3v) is 3.00. The molecular formula is C12H16O5. The lowest BCUT2D eigenvalue weighted by molar-refractivity contribution is -0.229. The van der Waals surface area contributed by atoms with Gasteiger partial charge >= 0.3 is 0 Å². The highest BCUT2D eigenvalue weighted by Crippen LogP contribution is 2.31. The topological polar surface area (TPSA) is 90.2 Å². The van der Waals surface area contributed by atoms with Crippen molar-refractivity contribution < 1.29 is 25.2 Å². The van der Waals surface area contributed by atoms with Crippen molar-refractivity contribution in [3.8, 4) is 0 Å². The first-order chi connectivity index (χ1) is 8.07. The molecule has 0 saturated carbocycles. The van der Waals surface area contributed by atoms with Crippen LogP contribution in [0.3, 0.4) is 0 Å². The number of rotatable bonds is 3. The van der Waals surface area contributed by atoms with Crippen LogP contribution in [0.2, 0.25) is 0 Å². The van der Waals surface area contributed by atoms with Crippen molar-refractivity contribution in [2.75, 3.05) is 6.61 Å². The van der Waals surface area contributed by atoms with Crippen molar-refractivity contribution in [3.05, 3.63) is 35.9 Å². The summed E-state index contributed by atoms with van der Waals surface area (Å²) in [4.78, 5) is 0. The van der Waals surface area contributed by atoms with Gasteiger partial charge in [0.05, 0.1) is 6.61 Å². The monoisotopic (exact) mass is 240 g/mol. The SMILES string of the molecule is OC[C@H]1OC(O)(Cc2ccccc2)[C@@H](O)[C@@H]1O. The van der Waals surface area contributed by atoms with Crippen molar-refractivity contribution in [3.63, 3.8) is 0 Å². The Morgan fingerprint density at radius 3 is 2.35 bits per heavy atom. The molecule has 1 heterocycles. The van der Waals surface area contributed by atoms with Crippen LogP contribution in [0.4, 0.5) is 0 Å². The quantitative estimate of drug-likeness (QED) is 0.546. The minimum absolute atomic E-state index is 0.0581. The lowest BCUT2D eigenvalue weighted by atomic mass is 9.98. The number of benzene rings is 1. The minimum Gasteiger partial charge on any atom is -0.394 e. The lowest BCUT2D eigenvalue weighted by Crippen LogP contribution is -2.44. The molecule has 1 aromatic carbocycles. The molecule has 1 aliphatic rings. The van der Waals surface area contributed by atoms with E-state index in [0.717, 1.165) is 5.56 Å². The van der Waals surface area contributed by atoms with Gasteiger partial charge in [0.15, 0.2) is 5.79 Å². The van der Waals surface area contributed by atoms with Crippen molar-refractivity contribution in [2.24, 2.45) is 0 Å². The second-order valence-corrected chi connectivity index (χ2v) is 4.28. The van der Waals surface area contributed by atoms with Crippen LogP contribution in [0.1, 0.15) is 5.56 Å². The molecule has 0 aliphatic carbocycles. The largest absolute Gasteiger partial charge is 0.394 e. The average Bonchev–Trinajstić information content (AvgIpc) is 2.55. The van der Waals surface area contributed by atoms with Gasteiger partial charge in [0.2, 0.25) is 0 Å². The lowest BCUT2D eigenvalue weighted by Gasteiger charge is -2.26. The Kier molecular flexibility index (Phi) is 3.46. The Morgan fingerprint density at radius 2 is 1.82 bits per heavy atom. The molecule has 5 nitrogen and oxygen atoms in total. The first-order valence-corrected chi connectivity index (χ1v) is 5.48. The van der Waals surface area contributed by atoms with Crippen molar-refractivity contribution in [2.45, 2.75) is 30.5 Å². The molecule has 0 aromatic heterocycles. The van der Waals surface area contributed by atoms with E-state index in [1.54, 1.807) is 24.3 Å². The third-order valence-electron chi connectivity index (χ3n) is 3.00. The first-order valence-electron chi connectivity index (χ1n) is 5.48. The van der Waals surface area contributed by atoms with Crippen molar-refractivity contribution >= 4 is 0 Å². The summed E-state index contributed by atoms with van der Waals surface area (Å²) in [7, 11) is 0. The predicted molar refractivity (Wildman–Crippen MR) is 59.1 cm³/mol. The third kappa shape index (κ3) is 2.34. The zero-order chi connectivity index (χ0) is 12.5. The molecule has 0 radical (unpaired) electrons. The van der Waals surface area contributed by atoms with Gasteiger partial charge in [-0.05, 0) is 5.56 Å². The highest BCUT2D eigenvalue weighted by molar-refractivity contribution is 5.17. The van der Waals surface area contributed by atoms with Gasteiger partial charge in [0.1, 0.15) is 18.3 Å². The molecule has 0 bridgehead atoms. The summed E-state index contributed by atoms with van der Waals surface area (Å²) in [6.07, 6.45) is -3.62. The van der Waals surface area contributed by atoms with Gasteiger partial charge in [-0.25, -0.2) is 0 Å². The van der Waals surface area contributed by atoms with Crippen LogP contribution < -0.4 is 0 Å². The van der Waals surface area contributed by atoms with Crippen LogP contribution in [0, 0.1) is 0 Å². The summed E-state index contributed by atoms with van der Waals surface area (Å²) in [6.45, 7) is -0.449. The summed E-state index contributed by atoms with van der Waals surface area (Å²) >= 11 is 0. The molecule has 1 aliphatic heterocycles. The van der Waals surface area contributed by atoms with Gasteiger partial charge in [-0.1, -0.05) is 30.3 Å². The number of hydrogen-bond donors (Lipinski definition) is 4. The maximum atomic E-state index is 10.1. The van der Waals surface area contributed by atoms with Gasteiger partial charge in [-0.3, -0.25) is 0 Å². The van der Waals surface area contributed by atoms with Gasteiger partial charge < -0.3 is 25.2 Å². The Morgan fingerprint density at radius 1 is 1.18 bits per heavy atom. The fourth-order valence-corrected chi connectivity index (χ4v) is 2.05. The van der Waals surface area contributed by atoms with E-state index in [1.165, 1.54) is 0 Å². The maximum Gasteiger partial charge on any atom is 0.199 e. The van der Waals surface area contributed by atoms with E-state index >= 15 is 0 Å². The molecule has 17 heavy (non-hydrogen) atoms. The molecule has 2 rings (SSSR count). The van der Waals surface area contributed by atoms with E-state index in [-0.39, 0.29) is 6.42 Å². The first kappa shape index (κ1) is 12.5. The molecule has 94 valence electrons. The fraction of sp³-hybridized carbons (Fsp3) is 0.500. The summed E-state index contributed by atoms with van der Waals surface area (Å²) in [5, 5.41) is 38.4. The molecule has 4 atom stereocenters. The van der Waals surface area contributed by atoms with E-state index in [9.17, 15) is 15.3 Å². The number of hydrogen-bond acceptors (Lipinski definition) is 5. The molecular weight excluding hydrogens is 224 g/mol. The zero-order valence-corrected chi connectivity index (χ0v) is 9.23. The Hall–Kier alpha value is -0.980. The normalized spacial score (nSPS) is 37.3. The van der Waals surface area contributed by atoms with E-state index in [2.05, 4.69) is 0 Å². The van der Waals surface area contributed by atoms with E-state index < -0.39 is 30.7 Å². The van der Waals surface area contributed by atoms with E-state index in [0.29, 0.717) is 0 Å². The van der Waals surface area contributed by atoms with Gasteiger partial charge in [0.25, 0.3) is 0 Å². The molecule has 1 saturated heterocycles. The summed E-state index contributed by atoms with van der Waals surface area (Å²) in [5.74, 6) is -1.85. The van der Waals surface area contributed by atoms with Gasteiger partial charge in [-0.15, -0.1) is 0 Å². The van der Waals surface area contributed by atoms with Crippen LogP contribution in [-0.2, 0) is 11.2 Å². The van der Waals surface area contributed by atoms with Crippen molar-refractivity contribution in [1.82, 2.24) is 0 Å². The summed E-state index contributed by atoms with van der Waals surface area (Å²) < 4.78 is 5.13. The van der Waals surface area contributed by atoms with Crippen molar-refractivity contribution in [1.29, 1.82) is 0 Å². The molecule has 5 heteroatoms. The number of aliphatic hydroxyl groups excluding tert-OH is 3. The highest BCUT2D eigenvalue weighted by Gasteiger charge is 2.52. The maximum absolute atomic E-state index is 10.1. The second-order valence-electron chi connectivity index (χ2n) is 4.28. The standard InChI is InChI=1S/C12H16O5/c13-7-9-10(14)11(15)12(16,17-9)6-8-4-2-1-3-5-8/h1-5,9-11,13-16H,6-7H2/t9-,10-,11+,12?/m1/s1. The molecule has 1 unspecified atom stereocenters. The van der Waals surface area contributed by atoms with E-state index in [4.69, 9.17) is 9.84 Å². The molecule has 4 N–H and O–H groups in total. The predicted octanol–water partition coefficient (Wildman–Crippen LogP) is -0.969.